The summed E-state index contributed by atoms with van der Waals surface area (Å²) in [5, 5.41) is 2.77. The maximum absolute atomic E-state index is 11.9. The zero-order valence-corrected chi connectivity index (χ0v) is 13.0. The maximum Gasteiger partial charge on any atom is 0.234 e. The van der Waals surface area contributed by atoms with E-state index in [0.717, 1.165) is 6.42 Å². The van der Waals surface area contributed by atoms with Crippen molar-refractivity contribution in [3.05, 3.63) is 11.2 Å². The number of halogens is 1. The fraction of sp³-hybridized carbons (Fsp3) is 0.615. The highest BCUT2D eigenvalue weighted by Crippen LogP contribution is 2.21. The van der Waals surface area contributed by atoms with Crippen molar-refractivity contribution >= 4 is 23.5 Å². The Morgan fingerprint density at radius 2 is 2.15 bits per heavy atom. The van der Waals surface area contributed by atoms with E-state index in [1.165, 1.54) is 13.2 Å². The van der Waals surface area contributed by atoms with Crippen LogP contribution in [-0.2, 0) is 4.79 Å². The third kappa shape index (κ3) is 6.16. The van der Waals surface area contributed by atoms with E-state index in [1.54, 1.807) is 0 Å². The Kier molecular flexibility index (Phi) is 5.71. The Bertz CT molecular complexity index is 474. The molecule has 0 aliphatic heterocycles. The van der Waals surface area contributed by atoms with Crippen LogP contribution in [-0.4, -0.2) is 29.0 Å². The minimum atomic E-state index is -0.244. The number of carbonyl (C=O) groups is 1. The van der Waals surface area contributed by atoms with E-state index in [0.29, 0.717) is 5.88 Å². The number of nitrogens with zero attached hydrogens (tertiary/aromatic N) is 2. The predicted molar refractivity (Wildman–Crippen MR) is 78.9 cm³/mol. The number of methoxy groups -OCH3 is 1. The predicted octanol–water partition coefficient (Wildman–Crippen LogP) is 2.23. The zero-order chi connectivity index (χ0) is 15.3. The summed E-state index contributed by atoms with van der Waals surface area (Å²) in [4.78, 5) is 19.8. The number of nitrogens with one attached hydrogen (secondary N) is 1. The van der Waals surface area contributed by atoms with Crippen molar-refractivity contribution in [2.45, 2.75) is 39.7 Å². The number of ether oxygens (including phenoxy) is 1. The molecule has 1 atom stereocenters. The molecule has 20 heavy (non-hydrogen) atoms. The van der Waals surface area contributed by atoms with Gasteiger partial charge in [-0.15, -0.1) is 0 Å². The highest BCUT2D eigenvalue weighted by molar-refractivity contribution is 6.29. The van der Waals surface area contributed by atoms with Crippen molar-refractivity contribution in [2.24, 2.45) is 11.1 Å². The van der Waals surface area contributed by atoms with Crippen LogP contribution in [0.15, 0.2) is 6.07 Å². The molecule has 3 N–H and O–H groups in total. The molecular formula is C13H21ClN4O2. The highest BCUT2D eigenvalue weighted by atomic mass is 35.5. The summed E-state index contributed by atoms with van der Waals surface area (Å²) in [6.07, 6.45) is 0.954. The molecule has 1 heterocycles. The summed E-state index contributed by atoms with van der Waals surface area (Å²) in [5.74, 6) is 0.160. The number of amides is 1. The van der Waals surface area contributed by atoms with Gasteiger partial charge in [0.1, 0.15) is 5.15 Å². The van der Waals surface area contributed by atoms with E-state index in [1.807, 2.05) is 0 Å². The van der Waals surface area contributed by atoms with Gasteiger partial charge in [0.05, 0.1) is 7.11 Å². The molecule has 0 aliphatic rings. The van der Waals surface area contributed by atoms with Crippen molar-refractivity contribution in [1.82, 2.24) is 9.97 Å². The Morgan fingerprint density at radius 1 is 1.50 bits per heavy atom. The van der Waals surface area contributed by atoms with Gasteiger partial charge in [-0.05, 0) is 11.8 Å². The molecule has 0 aromatic carbocycles. The fourth-order valence-corrected chi connectivity index (χ4v) is 2.00. The lowest BCUT2D eigenvalue weighted by Gasteiger charge is -2.22. The van der Waals surface area contributed by atoms with Crippen LogP contribution in [0, 0.1) is 5.41 Å². The van der Waals surface area contributed by atoms with Crippen molar-refractivity contribution in [1.29, 1.82) is 0 Å². The highest BCUT2D eigenvalue weighted by Gasteiger charge is 2.18. The Hall–Kier alpha value is -1.40. The molecule has 0 radical (unpaired) electrons. The summed E-state index contributed by atoms with van der Waals surface area (Å²) in [6, 6.07) is 1.25. The molecule has 112 valence electrons. The normalized spacial score (nSPS) is 12.9. The third-order valence-corrected chi connectivity index (χ3v) is 2.65. The topological polar surface area (TPSA) is 90.1 Å². The molecule has 1 amide bonds. The van der Waals surface area contributed by atoms with Crippen LogP contribution < -0.4 is 15.8 Å². The molecule has 1 unspecified atom stereocenters. The summed E-state index contributed by atoms with van der Waals surface area (Å²) in [6.45, 7) is 6.24. The molecule has 0 spiro atoms. The van der Waals surface area contributed by atoms with Crippen molar-refractivity contribution in [3.8, 4) is 5.88 Å². The van der Waals surface area contributed by atoms with E-state index in [2.05, 4.69) is 36.1 Å². The number of hydrogen-bond donors (Lipinski definition) is 2. The largest absolute Gasteiger partial charge is 0.481 e. The number of hydrogen-bond acceptors (Lipinski definition) is 5. The molecule has 0 saturated heterocycles. The second-order valence-electron chi connectivity index (χ2n) is 5.83. The zero-order valence-electron chi connectivity index (χ0n) is 12.2. The molecular weight excluding hydrogens is 280 g/mol. The minimum Gasteiger partial charge on any atom is -0.481 e. The van der Waals surface area contributed by atoms with Gasteiger partial charge >= 0.3 is 0 Å². The first-order chi connectivity index (χ1) is 9.19. The number of rotatable bonds is 5. The number of aromatic nitrogens is 2. The van der Waals surface area contributed by atoms with E-state index < -0.39 is 0 Å². The Morgan fingerprint density at radius 3 is 2.70 bits per heavy atom. The lowest BCUT2D eigenvalue weighted by molar-refractivity contribution is -0.116. The van der Waals surface area contributed by atoms with Gasteiger partial charge in [0, 0.05) is 18.5 Å². The summed E-state index contributed by atoms with van der Waals surface area (Å²) in [7, 11) is 1.46. The maximum atomic E-state index is 11.9. The van der Waals surface area contributed by atoms with Gasteiger partial charge in [-0.2, -0.15) is 4.98 Å². The lowest BCUT2D eigenvalue weighted by Crippen LogP contribution is -2.31. The van der Waals surface area contributed by atoms with Crippen LogP contribution in [0.2, 0.25) is 5.15 Å². The van der Waals surface area contributed by atoms with Crippen LogP contribution in [0.25, 0.3) is 0 Å². The van der Waals surface area contributed by atoms with Gasteiger partial charge in [0.15, 0.2) is 0 Å². The van der Waals surface area contributed by atoms with Crippen LogP contribution in [0.4, 0.5) is 5.95 Å². The van der Waals surface area contributed by atoms with Crippen LogP contribution in [0.3, 0.4) is 0 Å². The van der Waals surface area contributed by atoms with Gasteiger partial charge < -0.3 is 10.5 Å². The standard InChI is InChI=1S/C13H21ClN4O2/c1-13(2,3)7-8(15)5-10(19)17-12-16-9(14)6-11(18-12)20-4/h6,8H,5,7,15H2,1-4H3,(H,16,17,18,19). The van der Waals surface area contributed by atoms with Crippen molar-refractivity contribution in [2.75, 3.05) is 12.4 Å². The molecule has 7 heteroatoms. The van der Waals surface area contributed by atoms with Gasteiger partial charge in [-0.1, -0.05) is 32.4 Å². The average molecular weight is 301 g/mol. The fourth-order valence-electron chi connectivity index (χ4n) is 1.83. The first-order valence-electron chi connectivity index (χ1n) is 6.33. The molecule has 1 rings (SSSR count). The molecule has 0 saturated carbocycles. The second-order valence-corrected chi connectivity index (χ2v) is 6.22. The first-order valence-corrected chi connectivity index (χ1v) is 6.71. The average Bonchev–Trinajstić information content (AvgIpc) is 2.24. The Labute approximate surface area is 124 Å². The van der Waals surface area contributed by atoms with E-state index >= 15 is 0 Å². The third-order valence-electron chi connectivity index (χ3n) is 2.45. The van der Waals surface area contributed by atoms with Crippen LogP contribution >= 0.6 is 11.6 Å². The van der Waals surface area contributed by atoms with Crippen molar-refractivity contribution < 1.29 is 9.53 Å². The monoisotopic (exact) mass is 300 g/mol. The van der Waals surface area contributed by atoms with Gasteiger partial charge in [-0.3, -0.25) is 10.1 Å². The molecule has 0 fully saturated rings. The molecule has 6 nitrogen and oxygen atoms in total. The molecule has 0 aliphatic carbocycles. The second kappa shape index (κ2) is 6.85. The molecule has 1 aromatic heterocycles. The van der Waals surface area contributed by atoms with Gasteiger partial charge in [-0.25, -0.2) is 4.98 Å². The van der Waals surface area contributed by atoms with Gasteiger partial charge in [0.25, 0.3) is 0 Å². The van der Waals surface area contributed by atoms with Crippen molar-refractivity contribution in [3.63, 3.8) is 0 Å². The summed E-state index contributed by atoms with van der Waals surface area (Å²) >= 11 is 5.80. The smallest absolute Gasteiger partial charge is 0.234 e. The minimum absolute atomic E-state index is 0.0788. The SMILES string of the molecule is COc1cc(Cl)nc(NC(=O)CC(N)CC(C)(C)C)n1. The molecule has 0 bridgehead atoms. The summed E-state index contributed by atoms with van der Waals surface area (Å²) in [5.41, 5.74) is 6.03. The number of anilines is 1. The Balaban J connectivity index is 2.60. The first kappa shape index (κ1) is 16.7. The van der Waals surface area contributed by atoms with Crippen LogP contribution in [0.1, 0.15) is 33.6 Å². The van der Waals surface area contributed by atoms with E-state index in [4.69, 9.17) is 22.1 Å². The molecule has 1 aromatic rings. The number of nitrogens with two attached hydrogens (primary N) is 1. The van der Waals surface area contributed by atoms with Crippen LogP contribution in [0.5, 0.6) is 5.88 Å². The van der Waals surface area contributed by atoms with E-state index in [9.17, 15) is 4.79 Å². The quantitative estimate of drug-likeness (QED) is 0.814. The lowest BCUT2D eigenvalue weighted by atomic mass is 9.87. The van der Waals surface area contributed by atoms with Gasteiger partial charge in [0.2, 0.25) is 17.7 Å². The number of carbonyl (C=O) groups excluding carboxylic acids is 1. The van der Waals surface area contributed by atoms with E-state index in [-0.39, 0.29) is 34.9 Å². The summed E-state index contributed by atoms with van der Waals surface area (Å²) < 4.78 is 4.95.